The molecule has 6 heteroatoms. The normalized spacial score (nSPS) is 17.7. The number of imidazole rings is 1. The fourth-order valence-corrected chi connectivity index (χ4v) is 2.79. The Morgan fingerprint density at radius 2 is 2.32 bits per heavy atom. The van der Waals surface area contributed by atoms with Crippen LogP contribution in [0.5, 0.6) is 0 Å². The van der Waals surface area contributed by atoms with Crippen molar-refractivity contribution in [3.05, 3.63) is 29.6 Å². The SMILES string of the molecule is Cc1nc2cc(CCNC(=O)C3CCC(=O)N3)ccc2n1C. The number of carbonyl (C=O) groups excluding carboxylic acids is 2. The van der Waals surface area contributed by atoms with E-state index in [4.69, 9.17) is 0 Å². The van der Waals surface area contributed by atoms with Gasteiger partial charge in [0.25, 0.3) is 0 Å². The van der Waals surface area contributed by atoms with Gasteiger partial charge in [-0.1, -0.05) is 6.07 Å². The van der Waals surface area contributed by atoms with Gasteiger partial charge in [0, 0.05) is 20.0 Å². The minimum absolute atomic E-state index is 0.0453. The number of amides is 2. The van der Waals surface area contributed by atoms with Crippen molar-refractivity contribution >= 4 is 22.8 Å². The molecule has 2 aromatic rings. The van der Waals surface area contributed by atoms with Crippen LogP contribution in [0.3, 0.4) is 0 Å². The first-order valence-corrected chi connectivity index (χ1v) is 7.53. The zero-order valence-electron chi connectivity index (χ0n) is 12.8. The number of hydrogen-bond donors (Lipinski definition) is 2. The molecule has 6 nitrogen and oxygen atoms in total. The van der Waals surface area contributed by atoms with E-state index in [0.29, 0.717) is 19.4 Å². The molecule has 1 atom stereocenters. The van der Waals surface area contributed by atoms with Crippen molar-refractivity contribution in [1.82, 2.24) is 20.2 Å². The summed E-state index contributed by atoms with van der Waals surface area (Å²) in [6.07, 6.45) is 1.77. The molecule has 2 N–H and O–H groups in total. The quantitative estimate of drug-likeness (QED) is 0.877. The summed E-state index contributed by atoms with van der Waals surface area (Å²) in [5, 5.41) is 5.55. The zero-order chi connectivity index (χ0) is 15.7. The number of aryl methyl sites for hydroxylation is 2. The predicted molar refractivity (Wildman–Crippen MR) is 83.3 cm³/mol. The van der Waals surface area contributed by atoms with Crippen LogP contribution < -0.4 is 10.6 Å². The van der Waals surface area contributed by atoms with Gasteiger partial charge in [0.05, 0.1) is 11.0 Å². The molecule has 0 saturated carbocycles. The molecule has 1 aliphatic heterocycles. The van der Waals surface area contributed by atoms with Crippen molar-refractivity contribution in [3.8, 4) is 0 Å². The number of aromatic nitrogens is 2. The minimum Gasteiger partial charge on any atom is -0.354 e. The molecule has 2 heterocycles. The van der Waals surface area contributed by atoms with Crippen LogP contribution in [0.15, 0.2) is 18.2 Å². The maximum Gasteiger partial charge on any atom is 0.242 e. The summed E-state index contributed by atoms with van der Waals surface area (Å²) in [4.78, 5) is 27.5. The van der Waals surface area contributed by atoms with E-state index in [1.54, 1.807) is 0 Å². The highest BCUT2D eigenvalue weighted by Gasteiger charge is 2.26. The molecule has 1 aliphatic rings. The van der Waals surface area contributed by atoms with Crippen molar-refractivity contribution in [2.24, 2.45) is 7.05 Å². The Morgan fingerprint density at radius 3 is 3.05 bits per heavy atom. The van der Waals surface area contributed by atoms with E-state index in [2.05, 4.69) is 38.4 Å². The van der Waals surface area contributed by atoms with E-state index < -0.39 is 0 Å². The number of nitrogens with zero attached hydrogens (tertiary/aromatic N) is 2. The van der Waals surface area contributed by atoms with Gasteiger partial charge in [-0.05, 0) is 37.5 Å². The smallest absolute Gasteiger partial charge is 0.242 e. The van der Waals surface area contributed by atoms with Crippen LogP contribution in [0, 0.1) is 6.92 Å². The fraction of sp³-hybridized carbons (Fsp3) is 0.438. The fourth-order valence-electron chi connectivity index (χ4n) is 2.79. The van der Waals surface area contributed by atoms with Gasteiger partial charge in [-0.2, -0.15) is 0 Å². The summed E-state index contributed by atoms with van der Waals surface area (Å²) < 4.78 is 2.06. The number of hydrogen-bond acceptors (Lipinski definition) is 3. The third-order valence-corrected chi connectivity index (χ3v) is 4.19. The molecular weight excluding hydrogens is 280 g/mol. The summed E-state index contributed by atoms with van der Waals surface area (Å²) in [6, 6.07) is 5.82. The van der Waals surface area contributed by atoms with E-state index in [1.807, 2.05) is 14.0 Å². The van der Waals surface area contributed by atoms with Gasteiger partial charge in [0.1, 0.15) is 11.9 Å². The van der Waals surface area contributed by atoms with Crippen LogP contribution in [-0.2, 0) is 23.1 Å². The molecule has 1 fully saturated rings. The molecule has 116 valence electrons. The maximum absolute atomic E-state index is 11.9. The molecule has 1 aromatic heterocycles. The molecule has 3 rings (SSSR count). The Labute approximate surface area is 128 Å². The van der Waals surface area contributed by atoms with E-state index in [0.717, 1.165) is 28.8 Å². The van der Waals surface area contributed by atoms with Crippen molar-refractivity contribution < 1.29 is 9.59 Å². The number of fused-ring (bicyclic) bond motifs is 1. The number of benzene rings is 1. The van der Waals surface area contributed by atoms with Gasteiger partial charge in [0.2, 0.25) is 11.8 Å². The average molecular weight is 300 g/mol. The third-order valence-electron chi connectivity index (χ3n) is 4.19. The van der Waals surface area contributed by atoms with E-state index in [-0.39, 0.29) is 17.9 Å². The molecule has 0 bridgehead atoms. The van der Waals surface area contributed by atoms with Crippen molar-refractivity contribution in [1.29, 1.82) is 0 Å². The summed E-state index contributed by atoms with van der Waals surface area (Å²) >= 11 is 0. The van der Waals surface area contributed by atoms with Crippen LogP contribution in [-0.4, -0.2) is 34.0 Å². The second-order valence-corrected chi connectivity index (χ2v) is 5.74. The van der Waals surface area contributed by atoms with E-state index >= 15 is 0 Å². The molecule has 1 aromatic carbocycles. The van der Waals surface area contributed by atoms with E-state index in [1.165, 1.54) is 0 Å². The maximum atomic E-state index is 11.9. The summed E-state index contributed by atoms with van der Waals surface area (Å²) in [7, 11) is 2.00. The first-order valence-electron chi connectivity index (χ1n) is 7.53. The molecule has 0 spiro atoms. The summed E-state index contributed by atoms with van der Waals surface area (Å²) in [5.74, 6) is 0.842. The van der Waals surface area contributed by atoms with Gasteiger partial charge < -0.3 is 15.2 Å². The molecule has 2 amide bonds. The van der Waals surface area contributed by atoms with Gasteiger partial charge in [-0.3, -0.25) is 9.59 Å². The Hall–Kier alpha value is -2.37. The lowest BCUT2D eigenvalue weighted by Crippen LogP contribution is -2.42. The standard InChI is InChI=1S/C16H20N4O2/c1-10-18-13-9-11(3-5-14(13)20(10)2)7-8-17-16(22)12-4-6-15(21)19-12/h3,5,9,12H,4,6-8H2,1-2H3,(H,17,22)(H,19,21). The number of rotatable bonds is 4. The van der Waals surface area contributed by atoms with Crippen molar-refractivity contribution in [2.75, 3.05) is 6.54 Å². The molecular formula is C16H20N4O2. The van der Waals surface area contributed by atoms with Crippen LogP contribution in [0.1, 0.15) is 24.2 Å². The Bertz CT molecular complexity index is 735. The predicted octanol–water partition coefficient (Wildman–Crippen LogP) is 0.819. The van der Waals surface area contributed by atoms with Crippen LogP contribution in [0.2, 0.25) is 0 Å². The van der Waals surface area contributed by atoms with Crippen LogP contribution >= 0.6 is 0 Å². The zero-order valence-corrected chi connectivity index (χ0v) is 12.8. The molecule has 0 radical (unpaired) electrons. The van der Waals surface area contributed by atoms with Crippen molar-refractivity contribution in [2.45, 2.75) is 32.2 Å². The first-order chi connectivity index (χ1) is 10.5. The van der Waals surface area contributed by atoms with Gasteiger partial charge in [0.15, 0.2) is 0 Å². The largest absolute Gasteiger partial charge is 0.354 e. The summed E-state index contributed by atoms with van der Waals surface area (Å²) in [5.41, 5.74) is 3.23. The topological polar surface area (TPSA) is 76.0 Å². The Balaban J connectivity index is 1.57. The lowest BCUT2D eigenvalue weighted by Gasteiger charge is -2.10. The molecule has 1 unspecified atom stereocenters. The highest BCUT2D eigenvalue weighted by molar-refractivity contribution is 5.90. The summed E-state index contributed by atoms with van der Waals surface area (Å²) in [6.45, 7) is 2.54. The second kappa shape index (κ2) is 5.79. The highest BCUT2D eigenvalue weighted by Crippen LogP contribution is 2.16. The van der Waals surface area contributed by atoms with Crippen LogP contribution in [0.25, 0.3) is 11.0 Å². The third kappa shape index (κ3) is 2.81. The van der Waals surface area contributed by atoms with Crippen molar-refractivity contribution in [3.63, 3.8) is 0 Å². The monoisotopic (exact) mass is 300 g/mol. The molecule has 22 heavy (non-hydrogen) atoms. The number of carbonyl (C=O) groups is 2. The lowest BCUT2D eigenvalue weighted by molar-refractivity contribution is -0.125. The Kier molecular flexibility index (Phi) is 3.83. The number of nitrogens with one attached hydrogen (secondary N) is 2. The van der Waals surface area contributed by atoms with Gasteiger partial charge in [-0.15, -0.1) is 0 Å². The average Bonchev–Trinajstić information content (AvgIpc) is 3.04. The lowest BCUT2D eigenvalue weighted by atomic mass is 10.1. The molecule has 0 aliphatic carbocycles. The highest BCUT2D eigenvalue weighted by atomic mass is 16.2. The Morgan fingerprint density at radius 1 is 1.50 bits per heavy atom. The van der Waals surface area contributed by atoms with Gasteiger partial charge in [-0.25, -0.2) is 4.98 Å². The van der Waals surface area contributed by atoms with Crippen LogP contribution in [0.4, 0.5) is 0 Å². The first kappa shape index (κ1) is 14.6. The molecule has 1 saturated heterocycles. The van der Waals surface area contributed by atoms with E-state index in [9.17, 15) is 9.59 Å². The second-order valence-electron chi connectivity index (χ2n) is 5.74. The minimum atomic E-state index is -0.367. The van der Waals surface area contributed by atoms with Gasteiger partial charge >= 0.3 is 0 Å².